The van der Waals surface area contributed by atoms with Gasteiger partial charge in [0.2, 0.25) is 0 Å². The zero-order valence-electron chi connectivity index (χ0n) is 13.5. The third-order valence-electron chi connectivity index (χ3n) is 5.14. The molecule has 4 nitrogen and oxygen atoms in total. The highest BCUT2D eigenvalue weighted by molar-refractivity contribution is 5.37. The van der Waals surface area contributed by atoms with Crippen molar-refractivity contribution >= 4 is 0 Å². The van der Waals surface area contributed by atoms with Gasteiger partial charge in [-0.05, 0) is 36.6 Å². The molecule has 0 N–H and O–H groups in total. The van der Waals surface area contributed by atoms with Crippen molar-refractivity contribution in [3.05, 3.63) is 35.1 Å². The van der Waals surface area contributed by atoms with E-state index in [-0.39, 0.29) is 18.0 Å². The Morgan fingerprint density at radius 1 is 1.43 bits per heavy atom. The second kappa shape index (κ2) is 7.39. The summed E-state index contributed by atoms with van der Waals surface area (Å²) in [6, 6.07) is 6.82. The van der Waals surface area contributed by atoms with Crippen LogP contribution in [0.1, 0.15) is 30.4 Å². The van der Waals surface area contributed by atoms with Crippen molar-refractivity contribution in [2.24, 2.45) is 5.92 Å². The monoisotopic (exact) mass is 318 g/mol. The maximum atomic E-state index is 13.6. The second-order valence-corrected chi connectivity index (χ2v) is 6.39. The van der Waals surface area contributed by atoms with E-state index in [0.717, 1.165) is 24.9 Å². The number of methoxy groups -OCH3 is 1. The molecule has 0 radical (unpaired) electrons. The summed E-state index contributed by atoms with van der Waals surface area (Å²) >= 11 is 0. The average Bonchev–Trinajstić information content (AvgIpc) is 3.04. The van der Waals surface area contributed by atoms with E-state index in [2.05, 4.69) is 11.0 Å². The number of nitrogens with zero attached hydrogens (tertiary/aromatic N) is 2. The Bertz CT molecular complexity index is 587. The van der Waals surface area contributed by atoms with Gasteiger partial charge in [0.05, 0.1) is 31.0 Å². The minimum Gasteiger partial charge on any atom is -0.381 e. The van der Waals surface area contributed by atoms with Crippen molar-refractivity contribution in [1.29, 1.82) is 5.26 Å². The summed E-state index contributed by atoms with van der Waals surface area (Å²) in [5, 5.41) is 9.26. The quantitative estimate of drug-likeness (QED) is 0.856. The number of hydrogen-bond acceptors (Lipinski definition) is 4. The number of benzene rings is 1. The van der Waals surface area contributed by atoms with E-state index in [1.807, 2.05) is 0 Å². The van der Waals surface area contributed by atoms with Gasteiger partial charge in [-0.2, -0.15) is 5.26 Å². The summed E-state index contributed by atoms with van der Waals surface area (Å²) < 4.78 is 24.9. The van der Waals surface area contributed by atoms with Crippen molar-refractivity contribution in [3.8, 4) is 6.07 Å². The van der Waals surface area contributed by atoms with Crippen molar-refractivity contribution in [1.82, 2.24) is 4.90 Å². The van der Waals surface area contributed by atoms with Crippen LogP contribution in [0.3, 0.4) is 0 Å². The van der Waals surface area contributed by atoms with Gasteiger partial charge in [0.25, 0.3) is 0 Å². The van der Waals surface area contributed by atoms with E-state index >= 15 is 0 Å². The van der Waals surface area contributed by atoms with Crippen LogP contribution < -0.4 is 0 Å². The van der Waals surface area contributed by atoms with E-state index in [4.69, 9.17) is 9.47 Å². The molecular weight excluding hydrogens is 295 g/mol. The predicted molar refractivity (Wildman–Crippen MR) is 84.3 cm³/mol. The summed E-state index contributed by atoms with van der Waals surface area (Å²) in [5.74, 6) is 0.152. The van der Waals surface area contributed by atoms with Crippen LogP contribution in [0.15, 0.2) is 18.2 Å². The number of nitriles is 1. The molecule has 1 heterocycles. The molecule has 0 amide bonds. The molecule has 1 aromatic rings. The molecule has 2 aliphatic rings. The fourth-order valence-electron chi connectivity index (χ4n) is 3.96. The van der Waals surface area contributed by atoms with Crippen LogP contribution in [0, 0.1) is 23.1 Å². The van der Waals surface area contributed by atoms with Gasteiger partial charge in [0.1, 0.15) is 5.82 Å². The zero-order valence-corrected chi connectivity index (χ0v) is 13.5. The van der Waals surface area contributed by atoms with E-state index in [9.17, 15) is 9.65 Å². The number of halogens is 1. The van der Waals surface area contributed by atoms with Crippen molar-refractivity contribution < 1.29 is 13.9 Å². The van der Waals surface area contributed by atoms with Gasteiger partial charge in [-0.3, -0.25) is 4.90 Å². The largest absolute Gasteiger partial charge is 0.381 e. The Hall–Kier alpha value is -1.48. The smallest absolute Gasteiger partial charge is 0.123 e. The normalized spacial score (nSPS) is 28.7. The van der Waals surface area contributed by atoms with Gasteiger partial charge < -0.3 is 9.47 Å². The van der Waals surface area contributed by atoms with Crippen LogP contribution in [0.25, 0.3) is 0 Å². The van der Waals surface area contributed by atoms with E-state index < -0.39 is 0 Å². The summed E-state index contributed by atoms with van der Waals surface area (Å²) in [4.78, 5) is 2.33. The van der Waals surface area contributed by atoms with Crippen LogP contribution in [-0.2, 0) is 16.0 Å². The molecule has 1 saturated heterocycles. The van der Waals surface area contributed by atoms with E-state index in [0.29, 0.717) is 31.2 Å². The Morgan fingerprint density at radius 2 is 2.30 bits per heavy atom. The molecule has 0 bridgehead atoms. The lowest BCUT2D eigenvalue weighted by Crippen LogP contribution is -2.51. The average molecular weight is 318 g/mol. The summed E-state index contributed by atoms with van der Waals surface area (Å²) in [5.41, 5.74) is 1.30. The number of hydrogen-bond donors (Lipinski definition) is 0. The first-order chi connectivity index (χ1) is 11.2. The molecule has 124 valence electrons. The molecule has 3 rings (SSSR count). The molecule has 5 heteroatoms. The third-order valence-corrected chi connectivity index (χ3v) is 5.14. The van der Waals surface area contributed by atoms with Crippen LogP contribution in [0.4, 0.5) is 4.39 Å². The number of ether oxygens (including phenoxy) is 2. The second-order valence-electron chi connectivity index (χ2n) is 6.39. The lowest BCUT2D eigenvalue weighted by atomic mass is 9.93. The maximum absolute atomic E-state index is 13.6. The fourth-order valence-corrected chi connectivity index (χ4v) is 3.96. The molecule has 1 aliphatic carbocycles. The molecule has 23 heavy (non-hydrogen) atoms. The molecule has 1 saturated carbocycles. The molecule has 3 unspecified atom stereocenters. The van der Waals surface area contributed by atoms with Crippen LogP contribution >= 0.6 is 0 Å². The molecular formula is C18H23FN2O2. The first kappa shape index (κ1) is 16.4. The Balaban J connectivity index is 1.80. The Labute approximate surface area is 136 Å². The Kier molecular flexibility index (Phi) is 5.27. The predicted octanol–water partition coefficient (Wildman–Crippen LogP) is 2.71. The van der Waals surface area contributed by atoms with Gasteiger partial charge in [0.15, 0.2) is 0 Å². The summed E-state index contributed by atoms with van der Waals surface area (Å²) in [6.07, 6.45) is 3.68. The summed E-state index contributed by atoms with van der Waals surface area (Å²) in [6.45, 7) is 2.75. The van der Waals surface area contributed by atoms with E-state index in [1.165, 1.54) is 18.6 Å². The van der Waals surface area contributed by atoms with Crippen molar-refractivity contribution in [2.75, 3.05) is 26.9 Å². The van der Waals surface area contributed by atoms with Crippen molar-refractivity contribution in [2.45, 2.75) is 38.0 Å². The minimum atomic E-state index is -0.292. The highest BCUT2D eigenvalue weighted by Gasteiger charge is 2.38. The van der Waals surface area contributed by atoms with E-state index in [1.54, 1.807) is 13.2 Å². The molecule has 2 fully saturated rings. The Morgan fingerprint density at radius 3 is 3.09 bits per heavy atom. The van der Waals surface area contributed by atoms with Gasteiger partial charge in [0, 0.05) is 32.2 Å². The zero-order chi connectivity index (χ0) is 16.2. The number of morpholine rings is 1. The SMILES string of the molecule is COC1CCCC1C1COCCN1Cc1cc(F)ccc1C#N. The van der Waals surface area contributed by atoms with Gasteiger partial charge >= 0.3 is 0 Å². The molecule has 3 atom stereocenters. The first-order valence-corrected chi connectivity index (χ1v) is 8.26. The molecule has 0 spiro atoms. The fraction of sp³-hybridized carbons (Fsp3) is 0.611. The third kappa shape index (κ3) is 3.55. The highest BCUT2D eigenvalue weighted by Crippen LogP contribution is 2.34. The molecule has 0 aromatic heterocycles. The lowest BCUT2D eigenvalue weighted by Gasteiger charge is -2.40. The number of rotatable bonds is 4. The topological polar surface area (TPSA) is 45.5 Å². The first-order valence-electron chi connectivity index (χ1n) is 8.26. The highest BCUT2D eigenvalue weighted by atomic mass is 19.1. The summed E-state index contributed by atoms with van der Waals surface area (Å²) in [7, 11) is 1.78. The standard InChI is InChI=1S/C18H23FN2O2/c1-22-18-4-2-3-16(18)17-12-23-8-7-21(17)11-14-9-15(19)6-5-13(14)10-20/h5-6,9,16-18H,2-4,7-8,11-12H2,1H3. The lowest BCUT2D eigenvalue weighted by molar-refractivity contribution is -0.0608. The minimum absolute atomic E-state index is 0.269. The van der Waals surface area contributed by atoms with Gasteiger partial charge in [-0.1, -0.05) is 6.42 Å². The van der Waals surface area contributed by atoms with Crippen LogP contribution in [0.2, 0.25) is 0 Å². The molecule has 1 aromatic carbocycles. The van der Waals surface area contributed by atoms with Crippen molar-refractivity contribution in [3.63, 3.8) is 0 Å². The van der Waals surface area contributed by atoms with Gasteiger partial charge in [-0.25, -0.2) is 4.39 Å². The van der Waals surface area contributed by atoms with Gasteiger partial charge in [-0.15, -0.1) is 0 Å². The van der Waals surface area contributed by atoms with Crippen LogP contribution in [-0.4, -0.2) is 43.9 Å². The maximum Gasteiger partial charge on any atom is 0.123 e. The molecule has 1 aliphatic heterocycles. The van der Waals surface area contributed by atoms with Crippen LogP contribution in [0.5, 0.6) is 0 Å².